The largest absolute Gasteiger partial charge is 0.384 e. The van der Waals surface area contributed by atoms with E-state index in [9.17, 15) is 0 Å². The predicted octanol–water partition coefficient (Wildman–Crippen LogP) is 5.13. The Labute approximate surface area is 169 Å². The molecule has 0 aromatic heterocycles. The Hall–Kier alpha value is -1.96. The predicted molar refractivity (Wildman–Crippen MR) is 121 cm³/mol. The van der Waals surface area contributed by atoms with E-state index in [0.29, 0.717) is 10.3 Å². The summed E-state index contributed by atoms with van der Waals surface area (Å²) in [7, 11) is 1.70. The number of anilines is 2. The Bertz CT molecular complexity index is 708. The minimum absolute atomic E-state index is 0.446. The molecule has 5 nitrogen and oxygen atoms in total. The zero-order valence-corrected chi connectivity index (χ0v) is 17.1. The number of amidine groups is 2. The molecule has 0 radical (unpaired) electrons. The third-order valence-corrected chi connectivity index (χ3v) is 5.39. The molecule has 0 atom stereocenters. The molecule has 7 heteroatoms. The summed E-state index contributed by atoms with van der Waals surface area (Å²) in [5, 5.41) is 23.0. The van der Waals surface area contributed by atoms with Crippen LogP contribution in [0.15, 0.2) is 54.6 Å². The van der Waals surface area contributed by atoms with E-state index in [2.05, 4.69) is 22.8 Å². The SMILES string of the molecule is COCCc1ccc(NC(=N)SCCCSC(=N)Nc2ccccc2)cc1. The first kappa shape index (κ1) is 21.3. The van der Waals surface area contributed by atoms with Crippen LogP contribution < -0.4 is 10.6 Å². The van der Waals surface area contributed by atoms with Crippen molar-refractivity contribution >= 4 is 45.2 Å². The summed E-state index contributed by atoms with van der Waals surface area (Å²) in [6.07, 6.45) is 1.84. The van der Waals surface area contributed by atoms with Crippen LogP contribution >= 0.6 is 23.5 Å². The number of hydrogen-bond donors (Lipinski definition) is 4. The minimum atomic E-state index is 0.446. The van der Waals surface area contributed by atoms with Gasteiger partial charge in [-0.05, 0) is 42.7 Å². The van der Waals surface area contributed by atoms with E-state index in [1.165, 1.54) is 29.1 Å². The van der Waals surface area contributed by atoms with Crippen molar-refractivity contribution in [1.29, 1.82) is 10.8 Å². The normalized spacial score (nSPS) is 10.4. The van der Waals surface area contributed by atoms with Crippen molar-refractivity contribution in [2.24, 2.45) is 0 Å². The van der Waals surface area contributed by atoms with E-state index in [1.807, 2.05) is 42.5 Å². The summed E-state index contributed by atoms with van der Waals surface area (Å²) in [5.74, 6) is 1.70. The molecule has 0 saturated carbocycles. The van der Waals surface area contributed by atoms with Gasteiger partial charge in [-0.1, -0.05) is 53.9 Å². The first-order valence-electron chi connectivity index (χ1n) is 8.77. The number of thioether (sulfide) groups is 2. The fraction of sp³-hybridized carbons (Fsp3) is 0.300. The van der Waals surface area contributed by atoms with Crippen molar-refractivity contribution in [1.82, 2.24) is 0 Å². The Morgan fingerprint density at radius 3 is 1.96 bits per heavy atom. The molecule has 0 spiro atoms. The second-order valence-electron chi connectivity index (χ2n) is 5.76. The van der Waals surface area contributed by atoms with Gasteiger partial charge in [0, 0.05) is 30.0 Å². The van der Waals surface area contributed by atoms with Gasteiger partial charge < -0.3 is 15.4 Å². The van der Waals surface area contributed by atoms with Crippen molar-refractivity contribution in [3.05, 3.63) is 60.2 Å². The smallest absolute Gasteiger partial charge is 0.158 e. The summed E-state index contributed by atoms with van der Waals surface area (Å²) in [6.45, 7) is 0.717. The lowest BCUT2D eigenvalue weighted by molar-refractivity contribution is 0.202. The van der Waals surface area contributed by atoms with Gasteiger partial charge in [0.1, 0.15) is 0 Å². The number of benzene rings is 2. The van der Waals surface area contributed by atoms with Crippen molar-refractivity contribution in [3.63, 3.8) is 0 Å². The van der Waals surface area contributed by atoms with E-state index in [-0.39, 0.29) is 0 Å². The fourth-order valence-electron chi connectivity index (χ4n) is 2.24. The molecule has 0 saturated heterocycles. The molecule has 0 bridgehead atoms. The highest BCUT2D eigenvalue weighted by atomic mass is 32.2. The number of methoxy groups -OCH3 is 1. The van der Waals surface area contributed by atoms with Crippen LogP contribution in [0.3, 0.4) is 0 Å². The average Bonchev–Trinajstić information content (AvgIpc) is 2.68. The van der Waals surface area contributed by atoms with Gasteiger partial charge in [0.25, 0.3) is 0 Å². The van der Waals surface area contributed by atoms with Crippen LogP contribution in [0.1, 0.15) is 12.0 Å². The molecular formula is C20H26N4OS2. The first-order chi connectivity index (χ1) is 13.2. The number of nitrogens with one attached hydrogen (secondary N) is 4. The van der Waals surface area contributed by atoms with Gasteiger partial charge >= 0.3 is 0 Å². The molecular weight excluding hydrogens is 376 g/mol. The van der Waals surface area contributed by atoms with Gasteiger partial charge in [0.15, 0.2) is 10.3 Å². The van der Waals surface area contributed by atoms with Crippen molar-refractivity contribution in [2.45, 2.75) is 12.8 Å². The highest BCUT2D eigenvalue weighted by Gasteiger charge is 2.02. The van der Waals surface area contributed by atoms with Crippen LogP contribution in [-0.4, -0.2) is 35.6 Å². The zero-order chi connectivity index (χ0) is 19.3. The van der Waals surface area contributed by atoms with Crippen LogP contribution in [0.25, 0.3) is 0 Å². The average molecular weight is 403 g/mol. The molecule has 0 aliphatic rings. The van der Waals surface area contributed by atoms with Crippen LogP contribution in [0.2, 0.25) is 0 Å². The molecule has 2 aromatic rings. The highest BCUT2D eigenvalue weighted by molar-refractivity contribution is 8.14. The zero-order valence-electron chi connectivity index (χ0n) is 15.5. The standard InChI is InChI=1S/C20H26N4OS2/c1-25-13-12-16-8-10-18(11-9-16)24-20(22)27-15-5-14-26-19(21)23-17-6-3-2-4-7-17/h2-4,6-11H,5,12-15H2,1H3,(H2,21,23)(H2,22,24). The van der Waals surface area contributed by atoms with Crippen LogP contribution in [0, 0.1) is 10.8 Å². The Kier molecular flexibility index (Phi) is 9.83. The molecule has 0 aliphatic heterocycles. The first-order valence-corrected chi connectivity index (χ1v) is 10.7. The Morgan fingerprint density at radius 1 is 0.852 bits per heavy atom. The van der Waals surface area contributed by atoms with E-state index in [4.69, 9.17) is 15.6 Å². The van der Waals surface area contributed by atoms with Crippen molar-refractivity contribution in [3.8, 4) is 0 Å². The second kappa shape index (κ2) is 12.4. The maximum atomic E-state index is 8.03. The Balaban J connectivity index is 1.57. The topological polar surface area (TPSA) is 81.0 Å². The van der Waals surface area contributed by atoms with E-state index >= 15 is 0 Å². The molecule has 4 N–H and O–H groups in total. The van der Waals surface area contributed by atoms with Crippen LogP contribution in [-0.2, 0) is 11.2 Å². The molecule has 0 fully saturated rings. The quantitative estimate of drug-likeness (QED) is 0.266. The van der Waals surface area contributed by atoms with Gasteiger partial charge in [-0.15, -0.1) is 0 Å². The monoisotopic (exact) mass is 402 g/mol. The second-order valence-corrected chi connectivity index (χ2v) is 7.97. The molecule has 0 amide bonds. The number of rotatable bonds is 9. The lowest BCUT2D eigenvalue weighted by Crippen LogP contribution is -2.08. The van der Waals surface area contributed by atoms with Crippen LogP contribution in [0.4, 0.5) is 11.4 Å². The van der Waals surface area contributed by atoms with Crippen molar-refractivity contribution in [2.75, 3.05) is 35.9 Å². The third kappa shape index (κ3) is 8.99. The van der Waals surface area contributed by atoms with Gasteiger partial charge in [-0.3, -0.25) is 10.8 Å². The molecule has 2 rings (SSSR count). The number of hydrogen-bond acceptors (Lipinski definition) is 5. The summed E-state index contributed by atoms with van der Waals surface area (Å²) < 4.78 is 5.08. The summed E-state index contributed by atoms with van der Waals surface area (Å²) >= 11 is 2.99. The number of para-hydroxylation sites is 1. The molecule has 144 valence electrons. The van der Waals surface area contributed by atoms with E-state index in [0.717, 1.165) is 42.3 Å². The van der Waals surface area contributed by atoms with Crippen LogP contribution in [0.5, 0.6) is 0 Å². The highest BCUT2D eigenvalue weighted by Crippen LogP contribution is 2.15. The third-order valence-electron chi connectivity index (χ3n) is 3.62. The van der Waals surface area contributed by atoms with Gasteiger partial charge in [0.2, 0.25) is 0 Å². The van der Waals surface area contributed by atoms with Gasteiger partial charge in [0.05, 0.1) is 6.61 Å². The van der Waals surface area contributed by atoms with Gasteiger partial charge in [-0.25, -0.2) is 0 Å². The molecule has 0 aliphatic carbocycles. The van der Waals surface area contributed by atoms with E-state index in [1.54, 1.807) is 7.11 Å². The van der Waals surface area contributed by atoms with E-state index < -0.39 is 0 Å². The summed E-state index contributed by atoms with van der Waals surface area (Å²) in [6, 6.07) is 17.8. The minimum Gasteiger partial charge on any atom is -0.384 e. The molecule has 27 heavy (non-hydrogen) atoms. The van der Waals surface area contributed by atoms with Gasteiger partial charge in [-0.2, -0.15) is 0 Å². The maximum absolute atomic E-state index is 8.03. The Morgan fingerprint density at radius 2 is 1.41 bits per heavy atom. The molecule has 0 heterocycles. The molecule has 2 aromatic carbocycles. The summed E-state index contributed by atoms with van der Waals surface area (Å²) in [5.41, 5.74) is 3.09. The lowest BCUT2D eigenvalue weighted by Gasteiger charge is -2.09. The van der Waals surface area contributed by atoms with Crippen molar-refractivity contribution < 1.29 is 4.74 Å². The summed E-state index contributed by atoms with van der Waals surface area (Å²) in [4.78, 5) is 0. The number of ether oxygens (including phenoxy) is 1. The lowest BCUT2D eigenvalue weighted by atomic mass is 10.1. The maximum Gasteiger partial charge on any atom is 0.158 e. The fourth-order valence-corrected chi connectivity index (χ4v) is 3.79. The molecule has 0 unspecified atom stereocenters.